The molecule has 216 valence electrons. The number of rotatable bonds is 13. The zero-order valence-corrected chi connectivity index (χ0v) is 23.7. The smallest absolute Gasteiger partial charge is 0.262 e. The van der Waals surface area contributed by atoms with Gasteiger partial charge in [0.05, 0.1) is 18.5 Å². The van der Waals surface area contributed by atoms with Crippen LogP contribution in [0.4, 0.5) is 10.1 Å². The van der Waals surface area contributed by atoms with Gasteiger partial charge in [-0.15, -0.1) is 0 Å². The number of ether oxygens (including phenoxy) is 2. The van der Waals surface area contributed by atoms with Gasteiger partial charge in [0.25, 0.3) is 17.7 Å². The summed E-state index contributed by atoms with van der Waals surface area (Å²) in [6, 6.07) is 16.3. The molecule has 1 unspecified atom stereocenters. The largest absolute Gasteiger partial charge is 0.490 e. The number of hydrogen-bond acceptors (Lipinski definition) is 6. The second-order valence-corrected chi connectivity index (χ2v) is 9.79. The van der Waals surface area contributed by atoms with Crippen molar-refractivity contribution in [3.05, 3.63) is 88.7 Å². The van der Waals surface area contributed by atoms with E-state index in [0.717, 1.165) is 0 Å². The maximum Gasteiger partial charge on any atom is 0.262 e. The number of amides is 3. The Labute approximate surface area is 243 Å². The minimum atomic E-state index is -0.805. The van der Waals surface area contributed by atoms with E-state index in [1.807, 2.05) is 13.8 Å². The third kappa shape index (κ3) is 9.91. The summed E-state index contributed by atoms with van der Waals surface area (Å²) < 4.78 is 25.0. The van der Waals surface area contributed by atoms with Crippen molar-refractivity contribution < 1.29 is 28.2 Å². The number of hydrazone groups is 1. The Hall–Kier alpha value is -4.44. The Morgan fingerprint density at radius 1 is 1.00 bits per heavy atom. The van der Waals surface area contributed by atoms with E-state index >= 15 is 0 Å². The molecule has 0 spiro atoms. The van der Waals surface area contributed by atoms with Gasteiger partial charge in [-0.2, -0.15) is 5.10 Å². The van der Waals surface area contributed by atoms with Gasteiger partial charge < -0.3 is 20.1 Å². The molecule has 0 aliphatic carbocycles. The summed E-state index contributed by atoms with van der Waals surface area (Å²) in [6.07, 6.45) is 1.83. The average Bonchev–Trinajstić information content (AvgIpc) is 2.93. The zero-order chi connectivity index (χ0) is 29.8. The van der Waals surface area contributed by atoms with E-state index in [0.29, 0.717) is 40.7 Å². The predicted molar refractivity (Wildman–Crippen MR) is 156 cm³/mol. The van der Waals surface area contributed by atoms with Crippen LogP contribution in [0.3, 0.4) is 0 Å². The van der Waals surface area contributed by atoms with Crippen LogP contribution in [0.1, 0.15) is 43.1 Å². The van der Waals surface area contributed by atoms with E-state index in [1.165, 1.54) is 24.4 Å². The molecule has 11 heteroatoms. The van der Waals surface area contributed by atoms with Gasteiger partial charge in [0.2, 0.25) is 0 Å². The summed E-state index contributed by atoms with van der Waals surface area (Å²) in [4.78, 5) is 37.7. The first kappa shape index (κ1) is 31.1. The summed E-state index contributed by atoms with van der Waals surface area (Å²) >= 11 is 5.89. The lowest BCUT2D eigenvalue weighted by molar-refractivity contribution is -0.123. The highest BCUT2D eigenvalue weighted by atomic mass is 35.5. The quantitative estimate of drug-likeness (QED) is 0.189. The van der Waals surface area contributed by atoms with Crippen LogP contribution in [0.15, 0.2) is 71.8 Å². The van der Waals surface area contributed by atoms with E-state index in [1.54, 1.807) is 55.5 Å². The maximum atomic E-state index is 13.8. The third-order valence-corrected chi connectivity index (χ3v) is 5.85. The number of nitrogens with one attached hydrogen (secondary N) is 3. The molecule has 0 saturated carbocycles. The SMILES string of the molecule is CCOc1cc(C=NNC(=O)C(CC(C)C)NC(=O)c2ccc(Cl)cc2)ccc1OCC(=O)Nc1ccccc1F. The molecule has 0 aliphatic rings. The Morgan fingerprint density at radius 3 is 2.41 bits per heavy atom. The number of halogens is 2. The number of carbonyl (C=O) groups is 3. The zero-order valence-electron chi connectivity index (χ0n) is 22.9. The Morgan fingerprint density at radius 2 is 1.73 bits per heavy atom. The molecular formula is C30H32ClFN4O5. The van der Waals surface area contributed by atoms with Crippen LogP contribution >= 0.6 is 11.6 Å². The molecule has 3 aromatic carbocycles. The molecule has 3 amide bonds. The van der Waals surface area contributed by atoms with Crippen molar-refractivity contribution in [1.82, 2.24) is 10.7 Å². The lowest BCUT2D eigenvalue weighted by Crippen LogP contribution is -2.46. The van der Waals surface area contributed by atoms with Crippen molar-refractivity contribution in [2.24, 2.45) is 11.0 Å². The molecule has 0 bridgehead atoms. The number of benzene rings is 3. The number of anilines is 1. The van der Waals surface area contributed by atoms with E-state index in [-0.39, 0.29) is 18.2 Å². The fraction of sp³-hybridized carbons (Fsp3) is 0.267. The van der Waals surface area contributed by atoms with Crippen molar-refractivity contribution in [3.63, 3.8) is 0 Å². The maximum absolute atomic E-state index is 13.8. The molecule has 0 fully saturated rings. The standard InChI is InChI=1S/C30H32ClFN4O5/c1-4-40-27-16-20(9-14-26(27)41-18-28(37)34-24-8-6-5-7-23(24)32)17-33-36-30(39)25(15-19(2)3)35-29(38)21-10-12-22(31)13-11-21/h5-14,16-17,19,25H,4,15,18H2,1-3H3,(H,34,37)(H,35,38)(H,36,39). The van der Waals surface area contributed by atoms with E-state index in [9.17, 15) is 18.8 Å². The molecule has 3 N–H and O–H groups in total. The third-order valence-electron chi connectivity index (χ3n) is 5.60. The highest BCUT2D eigenvalue weighted by Crippen LogP contribution is 2.28. The lowest BCUT2D eigenvalue weighted by Gasteiger charge is -2.19. The van der Waals surface area contributed by atoms with Crippen LogP contribution in [0.25, 0.3) is 0 Å². The predicted octanol–water partition coefficient (Wildman–Crippen LogP) is 5.19. The summed E-state index contributed by atoms with van der Waals surface area (Å²) in [5, 5.41) is 9.74. The average molecular weight is 583 g/mol. The minimum absolute atomic E-state index is 0.0555. The van der Waals surface area contributed by atoms with E-state index in [2.05, 4.69) is 21.2 Å². The summed E-state index contributed by atoms with van der Waals surface area (Å²) in [5.74, 6) is -1.16. The molecule has 1 atom stereocenters. The number of hydrogen-bond donors (Lipinski definition) is 3. The Kier molecular flexibility index (Phi) is 11.7. The van der Waals surface area contributed by atoms with Crippen LogP contribution in [-0.2, 0) is 9.59 Å². The van der Waals surface area contributed by atoms with Gasteiger partial charge in [-0.3, -0.25) is 14.4 Å². The fourth-order valence-corrected chi connectivity index (χ4v) is 3.80. The lowest BCUT2D eigenvalue weighted by atomic mass is 10.0. The molecule has 0 radical (unpaired) electrons. The number of nitrogens with zero attached hydrogens (tertiary/aromatic N) is 1. The van der Waals surface area contributed by atoms with Crippen molar-refractivity contribution in [2.75, 3.05) is 18.5 Å². The van der Waals surface area contributed by atoms with Crippen LogP contribution in [0.2, 0.25) is 5.02 Å². The molecule has 3 aromatic rings. The normalized spacial score (nSPS) is 11.7. The van der Waals surface area contributed by atoms with E-state index < -0.39 is 29.6 Å². The first-order chi connectivity index (χ1) is 19.7. The van der Waals surface area contributed by atoms with Gasteiger partial charge >= 0.3 is 0 Å². The van der Waals surface area contributed by atoms with Gasteiger partial charge in [0, 0.05) is 10.6 Å². The molecule has 0 saturated heterocycles. The fourth-order valence-electron chi connectivity index (χ4n) is 3.68. The van der Waals surface area contributed by atoms with Crippen molar-refractivity contribution in [1.29, 1.82) is 0 Å². The molecule has 0 heterocycles. The molecule has 0 aromatic heterocycles. The van der Waals surface area contributed by atoms with Gasteiger partial charge in [0.15, 0.2) is 18.1 Å². The Balaban J connectivity index is 1.61. The van der Waals surface area contributed by atoms with Gasteiger partial charge in [-0.25, -0.2) is 9.82 Å². The van der Waals surface area contributed by atoms with Gasteiger partial charge in [-0.05, 0) is 79.4 Å². The van der Waals surface area contributed by atoms with Crippen LogP contribution < -0.4 is 25.5 Å². The first-order valence-corrected chi connectivity index (χ1v) is 13.4. The molecule has 3 rings (SSSR count). The summed E-state index contributed by atoms with van der Waals surface area (Å²) in [6.45, 7) is 5.65. The summed E-state index contributed by atoms with van der Waals surface area (Å²) in [5.41, 5.74) is 3.50. The molecule has 9 nitrogen and oxygen atoms in total. The van der Waals surface area contributed by atoms with Crippen molar-refractivity contribution >= 4 is 41.2 Å². The highest BCUT2D eigenvalue weighted by molar-refractivity contribution is 6.30. The highest BCUT2D eigenvalue weighted by Gasteiger charge is 2.22. The van der Waals surface area contributed by atoms with Gasteiger partial charge in [-0.1, -0.05) is 37.6 Å². The molecular weight excluding hydrogens is 551 g/mol. The van der Waals surface area contributed by atoms with Crippen molar-refractivity contribution in [3.8, 4) is 11.5 Å². The van der Waals surface area contributed by atoms with Gasteiger partial charge in [0.1, 0.15) is 11.9 Å². The van der Waals surface area contributed by atoms with Crippen LogP contribution in [0.5, 0.6) is 11.5 Å². The monoisotopic (exact) mass is 582 g/mol. The summed E-state index contributed by atoms with van der Waals surface area (Å²) in [7, 11) is 0. The van der Waals surface area contributed by atoms with Crippen LogP contribution in [0, 0.1) is 11.7 Å². The Bertz CT molecular complexity index is 1380. The minimum Gasteiger partial charge on any atom is -0.490 e. The van der Waals surface area contributed by atoms with Crippen molar-refractivity contribution in [2.45, 2.75) is 33.2 Å². The molecule has 41 heavy (non-hydrogen) atoms. The number of carbonyl (C=O) groups excluding carboxylic acids is 3. The van der Waals surface area contributed by atoms with E-state index in [4.69, 9.17) is 21.1 Å². The molecule has 0 aliphatic heterocycles. The topological polar surface area (TPSA) is 118 Å². The number of para-hydroxylation sites is 1. The van der Waals surface area contributed by atoms with Crippen LogP contribution in [-0.4, -0.2) is 43.2 Å². The second kappa shape index (κ2) is 15.4. The first-order valence-electron chi connectivity index (χ1n) is 13.0. The second-order valence-electron chi connectivity index (χ2n) is 9.35.